The summed E-state index contributed by atoms with van der Waals surface area (Å²) >= 11 is 0. The molecule has 1 aromatic rings. The maximum absolute atomic E-state index is 11.3. The molecule has 0 aliphatic carbocycles. The minimum atomic E-state index is -0.404. The number of aliphatic hydroxyl groups excluding tert-OH is 1. The van der Waals surface area contributed by atoms with Gasteiger partial charge in [0.15, 0.2) is 0 Å². The van der Waals surface area contributed by atoms with Crippen LogP contribution in [0.4, 0.5) is 11.4 Å². The number of carbonyl (C=O) groups excluding carboxylic acids is 1. The van der Waals surface area contributed by atoms with Crippen LogP contribution in [0.3, 0.4) is 0 Å². The van der Waals surface area contributed by atoms with Crippen molar-refractivity contribution >= 4 is 17.3 Å². The molecule has 0 atom stereocenters. The van der Waals surface area contributed by atoms with Gasteiger partial charge in [-0.1, -0.05) is 6.07 Å². The Morgan fingerprint density at radius 2 is 2.00 bits per heavy atom. The van der Waals surface area contributed by atoms with E-state index in [0.29, 0.717) is 13.1 Å². The molecule has 0 bridgehead atoms. The van der Waals surface area contributed by atoms with E-state index in [4.69, 9.17) is 10.8 Å². The van der Waals surface area contributed by atoms with E-state index in [9.17, 15) is 4.79 Å². The molecule has 0 saturated carbocycles. The molecule has 1 saturated heterocycles. The predicted octanol–water partition coefficient (Wildman–Crippen LogP) is -0.0903. The van der Waals surface area contributed by atoms with Gasteiger partial charge in [0.05, 0.1) is 0 Å². The third-order valence-corrected chi connectivity index (χ3v) is 3.00. The zero-order valence-electron chi connectivity index (χ0n) is 9.67. The first-order valence-electron chi connectivity index (χ1n) is 5.70. The van der Waals surface area contributed by atoms with Gasteiger partial charge in [0.2, 0.25) is 5.91 Å². The summed E-state index contributed by atoms with van der Waals surface area (Å²) in [6.07, 6.45) is 0. The summed E-state index contributed by atoms with van der Waals surface area (Å²) in [5.41, 5.74) is 7.57. The van der Waals surface area contributed by atoms with Crippen LogP contribution in [0.1, 0.15) is 0 Å². The lowest BCUT2D eigenvalue weighted by Crippen LogP contribution is -2.49. The second-order valence-corrected chi connectivity index (χ2v) is 4.12. The topological polar surface area (TPSA) is 69.8 Å². The van der Waals surface area contributed by atoms with Gasteiger partial charge in [0.25, 0.3) is 0 Å². The number of anilines is 2. The summed E-state index contributed by atoms with van der Waals surface area (Å²) in [6, 6.07) is 7.73. The van der Waals surface area contributed by atoms with E-state index < -0.39 is 6.61 Å². The molecule has 0 spiro atoms. The number of rotatable bonds is 2. The summed E-state index contributed by atoms with van der Waals surface area (Å²) in [5, 5.41) is 8.79. The maximum atomic E-state index is 11.3. The van der Waals surface area contributed by atoms with Crippen molar-refractivity contribution in [2.24, 2.45) is 0 Å². The normalized spacial score (nSPS) is 16.1. The fourth-order valence-corrected chi connectivity index (χ4v) is 2.04. The van der Waals surface area contributed by atoms with E-state index in [0.717, 1.165) is 24.5 Å². The molecule has 0 unspecified atom stereocenters. The number of hydrogen-bond donors (Lipinski definition) is 2. The molecule has 0 radical (unpaired) electrons. The lowest BCUT2D eigenvalue weighted by molar-refractivity contribution is -0.134. The van der Waals surface area contributed by atoms with Gasteiger partial charge >= 0.3 is 0 Å². The Morgan fingerprint density at radius 1 is 1.29 bits per heavy atom. The molecular formula is C12H17N3O2. The van der Waals surface area contributed by atoms with Gasteiger partial charge in [0, 0.05) is 37.6 Å². The lowest BCUT2D eigenvalue weighted by atomic mass is 10.2. The van der Waals surface area contributed by atoms with Gasteiger partial charge in [0.1, 0.15) is 6.61 Å². The molecule has 1 fully saturated rings. The van der Waals surface area contributed by atoms with Crippen molar-refractivity contribution in [3.05, 3.63) is 24.3 Å². The Balaban J connectivity index is 1.97. The number of piperazine rings is 1. The molecule has 5 nitrogen and oxygen atoms in total. The second-order valence-electron chi connectivity index (χ2n) is 4.12. The van der Waals surface area contributed by atoms with E-state index in [1.165, 1.54) is 0 Å². The molecule has 0 aromatic heterocycles. The van der Waals surface area contributed by atoms with Crippen molar-refractivity contribution < 1.29 is 9.90 Å². The first kappa shape index (κ1) is 11.7. The van der Waals surface area contributed by atoms with E-state index in [-0.39, 0.29) is 5.91 Å². The van der Waals surface area contributed by atoms with Crippen molar-refractivity contribution in [2.45, 2.75) is 0 Å². The average molecular weight is 235 g/mol. The third-order valence-electron chi connectivity index (χ3n) is 3.00. The highest BCUT2D eigenvalue weighted by Gasteiger charge is 2.20. The highest BCUT2D eigenvalue weighted by molar-refractivity contribution is 5.77. The van der Waals surface area contributed by atoms with Crippen LogP contribution in [-0.2, 0) is 4.79 Å². The summed E-state index contributed by atoms with van der Waals surface area (Å²) < 4.78 is 0. The predicted molar refractivity (Wildman–Crippen MR) is 66.7 cm³/mol. The zero-order valence-corrected chi connectivity index (χ0v) is 9.67. The fraction of sp³-hybridized carbons (Fsp3) is 0.417. The number of carbonyl (C=O) groups is 1. The molecule has 1 aromatic carbocycles. The molecule has 5 heteroatoms. The van der Waals surface area contributed by atoms with Crippen LogP contribution >= 0.6 is 0 Å². The standard InChI is InChI=1S/C12H17N3O2/c13-10-2-1-3-11(8-10)14-4-6-15(7-5-14)12(17)9-16/h1-3,8,16H,4-7,9,13H2. The van der Waals surface area contributed by atoms with Crippen LogP contribution < -0.4 is 10.6 Å². The quantitative estimate of drug-likeness (QED) is 0.703. The van der Waals surface area contributed by atoms with Gasteiger partial charge in [-0.25, -0.2) is 0 Å². The zero-order chi connectivity index (χ0) is 12.3. The molecule has 2 rings (SSSR count). The molecule has 1 amide bonds. The van der Waals surface area contributed by atoms with Crippen LogP contribution in [0, 0.1) is 0 Å². The maximum Gasteiger partial charge on any atom is 0.248 e. The molecule has 17 heavy (non-hydrogen) atoms. The fourth-order valence-electron chi connectivity index (χ4n) is 2.04. The summed E-state index contributed by atoms with van der Waals surface area (Å²) in [5.74, 6) is -0.197. The van der Waals surface area contributed by atoms with Crippen LogP contribution in [0.2, 0.25) is 0 Å². The van der Waals surface area contributed by atoms with Gasteiger partial charge in [-0.3, -0.25) is 4.79 Å². The number of nitrogen functional groups attached to an aromatic ring is 1. The van der Waals surface area contributed by atoms with Gasteiger partial charge in [-0.2, -0.15) is 0 Å². The first-order valence-corrected chi connectivity index (χ1v) is 5.70. The summed E-state index contributed by atoms with van der Waals surface area (Å²) in [6.45, 7) is 2.44. The van der Waals surface area contributed by atoms with E-state index in [1.807, 2.05) is 24.3 Å². The number of aliphatic hydroxyl groups is 1. The number of nitrogens with zero attached hydrogens (tertiary/aromatic N) is 2. The van der Waals surface area contributed by atoms with Gasteiger partial charge < -0.3 is 20.6 Å². The Morgan fingerprint density at radius 3 is 2.59 bits per heavy atom. The highest BCUT2D eigenvalue weighted by atomic mass is 16.3. The summed E-state index contributed by atoms with van der Waals surface area (Å²) in [4.78, 5) is 15.2. The van der Waals surface area contributed by atoms with Crippen molar-refractivity contribution in [1.82, 2.24) is 4.90 Å². The Labute approximate surface area is 100 Å². The van der Waals surface area contributed by atoms with E-state index in [1.54, 1.807) is 4.90 Å². The molecule has 3 N–H and O–H groups in total. The smallest absolute Gasteiger partial charge is 0.248 e. The highest BCUT2D eigenvalue weighted by Crippen LogP contribution is 2.18. The monoisotopic (exact) mass is 235 g/mol. The number of nitrogens with two attached hydrogens (primary N) is 1. The third kappa shape index (κ3) is 2.68. The van der Waals surface area contributed by atoms with Crippen LogP contribution in [-0.4, -0.2) is 48.7 Å². The van der Waals surface area contributed by atoms with Crippen LogP contribution in [0.25, 0.3) is 0 Å². The molecular weight excluding hydrogens is 218 g/mol. The molecule has 1 heterocycles. The second kappa shape index (κ2) is 5.05. The van der Waals surface area contributed by atoms with Crippen LogP contribution in [0.15, 0.2) is 24.3 Å². The van der Waals surface area contributed by atoms with Crippen molar-refractivity contribution in [3.63, 3.8) is 0 Å². The van der Waals surface area contributed by atoms with Crippen molar-refractivity contribution in [2.75, 3.05) is 43.4 Å². The van der Waals surface area contributed by atoms with E-state index >= 15 is 0 Å². The van der Waals surface area contributed by atoms with E-state index in [2.05, 4.69) is 4.90 Å². The molecule has 1 aliphatic rings. The Kier molecular flexibility index (Phi) is 3.49. The number of amides is 1. The van der Waals surface area contributed by atoms with Gasteiger partial charge in [-0.15, -0.1) is 0 Å². The number of hydrogen-bond acceptors (Lipinski definition) is 4. The minimum absolute atomic E-state index is 0.197. The minimum Gasteiger partial charge on any atom is -0.399 e. The largest absolute Gasteiger partial charge is 0.399 e. The summed E-state index contributed by atoms with van der Waals surface area (Å²) in [7, 11) is 0. The Hall–Kier alpha value is -1.75. The van der Waals surface area contributed by atoms with Crippen molar-refractivity contribution in [3.8, 4) is 0 Å². The average Bonchev–Trinajstić information content (AvgIpc) is 2.38. The lowest BCUT2D eigenvalue weighted by Gasteiger charge is -2.35. The SMILES string of the molecule is Nc1cccc(N2CCN(C(=O)CO)CC2)c1. The first-order chi connectivity index (χ1) is 8.20. The van der Waals surface area contributed by atoms with Crippen molar-refractivity contribution in [1.29, 1.82) is 0 Å². The Bertz CT molecular complexity index is 400. The van der Waals surface area contributed by atoms with Gasteiger partial charge in [-0.05, 0) is 18.2 Å². The molecule has 1 aliphatic heterocycles. The molecule has 92 valence electrons. The number of benzene rings is 1. The van der Waals surface area contributed by atoms with Crippen LogP contribution in [0.5, 0.6) is 0 Å².